The second-order valence-electron chi connectivity index (χ2n) is 3.95. The van der Waals surface area contributed by atoms with Crippen LogP contribution in [0.2, 0.25) is 0 Å². The molecule has 0 aliphatic rings. The van der Waals surface area contributed by atoms with Gasteiger partial charge in [-0.15, -0.1) is 11.3 Å². The highest BCUT2D eigenvalue weighted by Gasteiger charge is 2.12. The van der Waals surface area contributed by atoms with E-state index < -0.39 is 0 Å². The molecule has 2 rings (SSSR count). The van der Waals surface area contributed by atoms with Gasteiger partial charge in [0.2, 0.25) is 0 Å². The van der Waals surface area contributed by atoms with Crippen LogP contribution in [-0.2, 0) is 0 Å². The van der Waals surface area contributed by atoms with Crippen LogP contribution in [0.4, 0.5) is 0 Å². The van der Waals surface area contributed by atoms with E-state index in [0.717, 1.165) is 33.6 Å². The lowest BCUT2D eigenvalue weighted by atomic mass is 10.1. The zero-order valence-corrected chi connectivity index (χ0v) is 12.1. The van der Waals surface area contributed by atoms with E-state index >= 15 is 0 Å². The van der Waals surface area contributed by atoms with Gasteiger partial charge in [0.25, 0.3) is 0 Å². The number of rotatable bonds is 4. The Kier molecular flexibility index (Phi) is 4.31. The average molecular weight is 311 g/mol. The summed E-state index contributed by atoms with van der Waals surface area (Å²) in [5.41, 5.74) is 8.20. The van der Waals surface area contributed by atoms with E-state index in [4.69, 9.17) is 5.73 Å². The van der Waals surface area contributed by atoms with Gasteiger partial charge in [-0.25, -0.2) is 4.98 Å². The van der Waals surface area contributed by atoms with E-state index in [9.17, 15) is 0 Å². The fourth-order valence-corrected chi connectivity index (χ4v) is 3.03. The van der Waals surface area contributed by atoms with Gasteiger partial charge in [0.05, 0.1) is 11.7 Å². The molecule has 0 radical (unpaired) electrons. The minimum atomic E-state index is 0.0706. The molecule has 2 N–H and O–H groups in total. The normalized spacial score (nSPS) is 12.6. The smallest absolute Gasteiger partial charge is 0.110 e. The van der Waals surface area contributed by atoms with Gasteiger partial charge in [0, 0.05) is 15.4 Å². The van der Waals surface area contributed by atoms with E-state index in [1.807, 2.05) is 18.2 Å². The Hall–Kier alpha value is -0.710. The van der Waals surface area contributed by atoms with Crippen LogP contribution in [0.3, 0.4) is 0 Å². The number of nitrogens with two attached hydrogens (primary N) is 1. The van der Waals surface area contributed by atoms with Gasteiger partial charge in [-0.05, 0) is 12.5 Å². The van der Waals surface area contributed by atoms with Crippen LogP contribution in [0.5, 0.6) is 0 Å². The molecule has 0 fully saturated rings. The molecule has 0 saturated carbocycles. The molecule has 90 valence electrons. The molecule has 0 aliphatic heterocycles. The molecular weight excluding hydrogens is 296 g/mol. The number of thiazole rings is 1. The lowest BCUT2D eigenvalue weighted by Gasteiger charge is -2.05. The van der Waals surface area contributed by atoms with Crippen molar-refractivity contribution in [1.29, 1.82) is 0 Å². The summed E-state index contributed by atoms with van der Waals surface area (Å²) >= 11 is 5.19. The lowest BCUT2D eigenvalue weighted by Crippen LogP contribution is -2.09. The summed E-state index contributed by atoms with van der Waals surface area (Å²) < 4.78 is 1.07. The molecule has 1 atom stereocenters. The average Bonchev–Trinajstić information content (AvgIpc) is 2.79. The summed E-state index contributed by atoms with van der Waals surface area (Å²) in [6.07, 6.45) is 2.08. The summed E-state index contributed by atoms with van der Waals surface area (Å²) in [6, 6.07) is 8.19. The molecule has 2 nitrogen and oxygen atoms in total. The number of benzene rings is 1. The van der Waals surface area contributed by atoms with Gasteiger partial charge in [-0.1, -0.05) is 47.5 Å². The first kappa shape index (κ1) is 12.7. The maximum atomic E-state index is 6.07. The highest BCUT2D eigenvalue weighted by molar-refractivity contribution is 9.10. The molecule has 0 bridgehead atoms. The van der Waals surface area contributed by atoms with Crippen molar-refractivity contribution in [1.82, 2.24) is 4.98 Å². The van der Waals surface area contributed by atoms with Gasteiger partial charge in [0.1, 0.15) is 5.01 Å². The van der Waals surface area contributed by atoms with Crippen LogP contribution in [0.15, 0.2) is 34.1 Å². The zero-order valence-electron chi connectivity index (χ0n) is 9.69. The molecule has 17 heavy (non-hydrogen) atoms. The lowest BCUT2D eigenvalue weighted by molar-refractivity contribution is 0.635. The highest BCUT2D eigenvalue weighted by Crippen LogP contribution is 2.30. The summed E-state index contributed by atoms with van der Waals surface area (Å²) in [7, 11) is 0. The van der Waals surface area contributed by atoms with Crippen LogP contribution in [0, 0.1) is 0 Å². The van der Waals surface area contributed by atoms with Crippen molar-refractivity contribution in [3.8, 4) is 11.3 Å². The van der Waals surface area contributed by atoms with E-state index in [1.54, 1.807) is 11.3 Å². The fraction of sp³-hybridized carbons (Fsp3) is 0.308. The molecule has 2 aromatic rings. The first-order chi connectivity index (χ1) is 8.22. The number of halogens is 1. The zero-order chi connectivity index (χ0) is 12.3. The number of hydrogen-bond acceptors (Lipinski definition) is 3. The topological polar surface area (TPSA) is 38.9 Å². The molecule has 0 aliphatic carbocycles. The summed E-state index contributed by atoms with van der Waals surface area (Å²) in [5, 5.41) is 3.10. The standard InChI is InChI=1S/C13H15BrN2S/c1-2-5-11(15)13-16-12(8-17-13)9-6-3-4-7-10(9)14/h3-4,6-8,11H,2,5,15H2,1H3. The minimum absolute atomic E-state index is 0.0706. The third kappa shape index (κ3) is 2.94. The number of nitrogens with zero attached hydrogens (tertiary/aromatic N) is 1. The Bertz CT molecular complexity index is 496. The molecule has 1 heterocycles. The van der Waals surface area contributed by atoms with Crippen LogP contribution in [-0.4, -0.2) is 4.98 Å². The molecule has 0 amide bonds. The van der Waals surface area contributed by atoms with E-state index in [-0.39, 0.29) is 6.04 Å². The third-order valence-electron chi connectivity index (χ3n) is 2.59. The predicted octanol–water partition coefficient (Wildman–Crippen LogP) is 4.37. The molecule has 0 spiro atoms. The van der Waals surface area contributed by atoms with Crippen LogP contribution >= 0.6 is 27.3 Å². The SMILES string of the molecule is CCCC(N)c1nc(-c2ccccc2Br)cs1. The molecule has 4 heteroatoms. The van der Waals surface area contributed by atoms with Crippen molar-refractivity contribution in [2.45, 2.75) is 25.8 Å². The second kappa shape index (κ2) is 5.76. The highest BCUT2D eigenvalue weighted by atomic mass is 79.9. The Morgan fingerprint density at radius 1 is 1.41 bits per heavy atom. The Morgan fingerprint density at radius 2 is 2.18 bits per heavy atom. The number of hydrogen-bond donors (Lipinski definition) is 1. The van der Waals surface area contributed by atoms with Crippen molar-refractivity contribution in [3.05, 3.63) is 39.1 Å². The molecule has 1 aromatic carbocycles. The maximum Gasteiger partial charge on any atom is 0.110 e. The minimum Gasteiger partial charge on any atom is -0.322 e. The third-order valence-corrected chi connectivity index (χ3v) is 4.26. The van der Waals surface area contributed by atoms with Gasteiger partial charge >= 0.3 is 0 Å². The summed E-state index contributed by atoms with van der Waals surface area (Å²) in [4.78, 5) is 4.62. The fourth-order valence-electron chi connectivity index (χ4n) is 1.69. The Morgan fingerprint density at radius 3 is 2.88 bits per heavy atom. The van der Waals surface area contributed by atoms with Gasteiger partial charge < -0.3 is 5.73 Å². The first-order valence-electron chi connectivity index (χ1n) is 5.68. The van der Waals surface area contributed by atoms with E-state index in [1.165, 1.54) is 0 Å². The van der Waals surface area contributed by atoms with Gasteiger partial charge in [0.15, 0.2) is 0 Å². The maximum absolute atomic E-state index is 6.07. The first-order valence-corrected chi connectivity index (χ1v) is 7.35. The van der Waals surface area contributed by atoms with E-state index in [0.29, 0.717) is 0 Å². The summed E-state index contributed by atoms with van der Waals surface area (Å²) in [5.74, 6) is 0. The van der Waals surface area contributed by atoms with Crippen molar-refractivity contribution in [2.75, 3.05) is 0 Å². The van der Waals surface area contributed by atoms with Crippen LogP contribution < -0.4 is 5.73 Å². The Labute approximate surface area is 114 Å². The summed E-state index contributed by atoms with van der Waals surface area (Å²) in [6.45, 7) is 2.14. The largest absolute Gasteiger partial charge is 0.322 e. The predicted molar refractivity (Wildman–Crippen MR) is 77.1 cm³/mol. The van der Waals surface area contributed by atoms with Crippen molar-refractivity contribution >= 4 is 27.3 Å². The Balaban J connectivity index is 2.27. The van der Waals surface area contributed by atoms with Crippen LogP contribution in [0.1, 0.15) is 30.8 Å². The van der Waals surface area contributed by atoms with Gasteiger partial charge in [-0.2, -0.15) is 0 Å². The van der Waals surface area contributed by atoms with Crippen molar-refractivity contribution < 1.29 is 0 Å². The molecule has 0 saturated heterocycles. The van der Waals surface area contributed by atoms with Crippen molar-refractivity contribution in [3.63, 3.8) is 0 Å². The molecular formula is C13H15BrN2S. The van der Waals surface area contributed by atoms with Gasteiger partial charge in [-0.3, -0.25) is 0 Å². The monoisotopic (exact) mass is 310 g/mol. The molecule has 1 aromatic heterocycles. The van der Waals surface area contributed by atoms with Crippen molar-refractivity contribution in [2.24, 2.45) is 5.73 Å². The second-order valence-corrected chi connectivity index (χ2v) is 5.69. The number of aromatic nitrogens is 1. The van der Waals surface area contributed by atoms with E-state index in [2.05, 4.69) is 39.3 Å². The molecule has 1 unspecified atom stereocenters. The van der Waals surface area contributed by atoms with Crippen LogP contribution in [0.25, 0.3) is 11.3 Å². The quantitative estimate of drug-likeness (QED) is 0.910.